The second-order valence-electron chi connectivity index (χ2n) is 6.30. The van der Waals surface area contributed by atoms with Crippen molar-refractivity contribution < 1.29 is 14.1 Å². The Labute approximate surface area is 148 Å². The van der Waals surface area contributed by atoms with Crippen LogP contribution in [-0.4, -0.2) is 53.6 Å². The van der Waals surface area contributed by atoms with Crippen molar-refractivity contribution in [2.24, 2.45) is 0 Å². The number of aromatic nitrogens is 1. The average molecular weight is 343 g/mol. The Balaban J connectivity index is 1.61. The molecule has 25 heavy (non-hydrogen) atoms. The minimum atomic E-state index is 0.0426. The number of hydrogen-bond donors (Lipinski definition) is 0. The number of ether oxygens (including phenoxy) is 1. The summed E-state index contributed by atoms with van der Waals surface area (Å²) in [5.74, 6) is 1.58. The lowest BCUT2D eigenvalue weighted by molar-refractivity contribution is 0.0623. The standard InChI is InChI=1S/C19H25N3O3/c1-4-24-18-8-6-5-7-16(18)19(23)22-11-9-21(10-12-22)13-17-14(2)20-25-15(17)3/h5-8H,4,9-13H2,1-3H3. The first-order valence-electron chi connectivity index (χ1n) is 8.75. The van der Waals surface area contributed by atoms with E-state index in [9.17, 15) is 4.79 Å². The zero-order valence-electron chi connectivity index (χ0n) is 15.1. The second kappa shape index (κ2) is 7.70. The molecule has 0 spiro atoms. The smallest absolute Gasteiger partial charge is 0.257 e. The normalized spacial score (nSPS) is 15.4. The SMILES string of the molecule is CCOc1ccccc1C(=O)N1CCN(Cc2c(C)noc2C)CC1. The highest BCUT2D eigenvalue weighted by molar-refractivity contribution is 5.97. The number of rotatable bonds is 5. The van der Waals surface area contributed by atoms with Crippen LogP contribution in [0, 0.1) is 13.8 Å². The van der Waals surface area contributed by atoms with Gasteiger partial charge in [-0.2, -0.15) is 0 Å². The molecule has 0 unspecified atom stereocenters. The van der Waals surface area contributed by atoms with Crippen molar-refractivity contribution in [3.63, 3.8) is 0 Å². The van der Waals surface area contributed by atoms with Crippen LogP contribution in [0.5, 0.6) is 5.75 Å². The van der Waals surface area contributed by atoms with E-state index in [1.807, 2.05) is 49.9 Å². The molecule has 2 aromatic rings. The molecule has 6 nitrogen and oxygen atoms in total. The quantitative estimate of drug-likeness (QED) is 0.835. The summed E-state index contributed by atoms with van der Waals surface area (Å²) in [6.45, 7) is 10.3. The van der Waals surface area contributed by atoms with Gasteiger partial charge in [-0.25, -0.2) is 0 Å². The van der Waals surface area contributed by atoms with E-state index in [2.05, 4.69) is 10.1 Å². The van der Waals surface area contributed by atoms with E-state index in [0.717, 1.165) is 36.7 Å². The van der Waals surface area contributed by atoms with Crippen LogP contribution in [0.25, 0.3) is 0 Å². The van der Waals surface area contributed by atoms with E-state index in [0.29, 0.717) is 31.0 Å². The summed E-state index contributed by atoms with van der Waals surface area (Å²) in [5.41, 5.74) is 2.74. The molecule has 1 fully saturated rings. The number of aryl methyl sites for hydroxylation is 2. The average Bonchev–Trinajstić information content (AvgIpc) is 2.94. The fraction of sp³-hybridized carbons (Fsp3) is 0.474. The van der Waals surface area contributed by atoms with Crippen LogP contribution < -0.4 is 4.74 Å². The van der Waals surface area contributed by atoms with Crippen molar-refractivity contribution in [2.75, 3.05) is 32.8 Å². The Kier molecular flexibility index (Phi) is 5.38. The molecule has 0 atom stereocenters. The van der Waals surface area contributed by atoms with Crippen molar-refractivity contribution in [1.29, 1.82) is 0 Å². The maximum atomic E-state index is 12.8. The molecule has 0 saturated carbocycles. The van der Waals surface area contributed by atoms with Gasteiger partial charge in [-0.3, -0.25) is 9.69 Å². The van der Waals surface area contributed by atoms with E-state index in [4.69, 9.17) is 9.26 Å². The monoisotopic (exact) mass is 343 g/mol. The number of amides is 1. The summed E-state index contributed by atoms with van der Waals surface area (Å²) in [6, 6.07) is 7.46. The molecule has 3 rings (SSSR count). The van der Waals surface area contributed by atoms with Gasteiger partial charge in [0.2, 0.25) is 0 Å². The number of carbonyl (C=O) groups is 1. The zero-order chi connectivity index (χ0) is 17.8. The van der Waals surface area contributed by atoms with Gasteiger partial charge in [0.1, 0.15) is 11.5 Å². The first-order chi connectivity index (χ1) is 12.1. The van der Waals surface area contributed by atoms with Gasteiger partial charge in [-0.15, -0.1) is 0 Å². The molecule has 1 amide bonds. The molecule has 2 heterocycles. The number of piperazine rings is 1. The van der Waals surface area contributed by atoms with E-state index >= 15 is 0 Å². The van der Waals surface area contributed by atoms with Gasteiger partial charge in [-0.1, -0.05) is 17.3 Å². The molecule has 1 saturated heterocycles. The number of carbonyl (C=O) groups excluding carboxylic acids is 1. The topological polar surface area (TPSA) is 58.8 Å². The third-order valence-electron chi connectivity index (χ3n) is 4.64. The van der Waals surface area contributed by atoms with Crippen molar-refractivity contribution in [3.05, 3.63) is 46.8 Å². The van der Waals surface area contributed by atoms with E-state index in [-0.39, 0.29) is 5.91 Å². The van der Waals surface area contributed by atoms with Gasteiger partial charge in [0.15, 0.2) is 0 Å². The molecule has 1 aliphatic heterocycles. The summed E-state index contributed by atoms with van der Waals surface area (Å²) in [7, 11) is 0. The summed E-state index contributed by atoms with van der Waals surface area (Å²) in [5, 5.41) is 4.01. The van der Waals surface area contributed by atoms with E-state index in [1.165, 1.54) is 0 Å². The van der Waals surface area contributed by atoms with Crippen LogP contribution in [0.3, 0.4) is 0 Å². The lowest BCUT2D eigenvalue weighted by atomic mass is 10.1. The predicted molar refractivity (Wildman–Crippen MR) is 94.8 cm³/mol. The first-order valence-corrected chi connectivity index (χ1v) is 8.75. The van der Waals surface area contributed by atoms with Gasteiger partial charge in [-0.05, 0) is 32.9 Å². The second-order valence-corrected chi connectivity index (χ2v) is 6.30. The maximum Gasteiger partial charge on any atom is 0.257 e. The van der Waals surface area contributed by atoms with Crippen LogP contribution >= 0.6 is 0 Å². The van der Waals surface area contributed by atoms with Crippen molar-refractivity contribution in [2.45, 2.75) is 27.3 Å². The molecule has 1 aliphatic rings. The third-order valence-corrected chi connectivity index (χ3v) is 4.64. The number of hydrogen-bond acceptors (Lipinski definition) is 5. The first kappa shape index (κ1) is 17.5. The van der Waals surface area contributed by atoms with Gasteiger partial charge in [0.05, 0.1) is 17.9 Å². The maximum absolute atomic E-state index is 12.8. The minimum absolute atomic E-state index is 0.0426. The largest absolute Gasteiger partial charge is 0.493 e. The van der Waals surface area contributed by atoms with Crippen LogP contribution in [0.4, 0.5) is 0 Å². The van der Waals surface area contributed by atoms with Gasteiger partial charge < -0.3 is 14.2 Å². The Hall–Kier alpha value is -2.34. The number of para-hydroxylation sites is 1. The van der Waals surface area contributed by atoms with E-state index < -0.39 is 0 Å². The summed E-state index contributed by atoms with van der Waals surface area (Å²) in [6.07, 6.45) is 0. The van der Waals surface area contributed by atoms with Crippen molar-refractivity contribution in [1.82, 2.24) is 15.0 Å². The van der Waals surface area contributed by atoms with Crippen LogP contribution in [-0.2, 0) is 6.54 Å². The molecule has 6 heteroatoms. The highest BCUT2D eigenvalue weighted by Crippen LogP contribution is 2.21. The minimum Gasteiger partial charge on any atom is -0.493 e. The fourth-order valence-corrected chi connectivity index (χ4v) is 3.16. The van der Waals surface area contributed by atoms with Crippen LogP contribution in [0.15, 0.2) is 28.8 Å². The molecule has 0 radical (unpaired) electrons. The molecule has 1 aromatic heterocycles. The Morgan fingerprint density at radius 3 is 2.56 bits per heavy atom. The van der Waals surface area contributed by atoms with Crippen molar-refractivity contribution >= 4 is 5.91 Å². The lowest BCUT2D eigenvalue weighted by Gasteiger charge is -2.35. The van der Waals surface area contributed by atoms with Crippen LogP contribution in [0.1, 0.15) is 34.3 Å². The van der Waals surface area contributed by atoms with Gasteiger partial charge in [0.25, 0.3) is 5.91 Å². The zero-order valence-corrected chi connectivity index (χ0v) is 15.1. The number of benzene rings is 1. The van der Waals surface area contributed by atoms with Crippen molar-refractivity contribution in [3.8, 4) is 5.75 Å². The van der Waals surface area contributed by atoms with Gasteiger partial charge in [0, 0.05) is 38.3 Å². The third kappa shape index (κ3) is 3.85. The summed E-state index contributed by atoms with van der Waals surface area (Å²) >= 11 is 0. The molecule has 1 aromatic carbocycles. The Morgan fingerprint density at radius 2 is 1.92 bits per heavy atom. The molecule has 0 aliphatic carbocycles. The molecular formula is C19H25N3O3. The fourth-order valence-electron chi connectivity index (χ4n) is 3.16. The number of nitrogens with zero attached hydrogens (tertiary/aromatic N) is 3. The molecule has 0 bridgehead atoms. The highest BCUT2D eigenvalue weighted by Gasteiger charge is 2.25. The van der Waals surface area contributed by atoms with Crippen LogP contribution in [0.2, 0.25) is 0 Å². The highest BCUT2D eigenvalue weighted by atomic mass is 16.5. The lowest BCUT2D eigenvalue weighted by Crippen LogP contribution is -2.48. The molecular weight excluding hydrogens is 318 g/mol. The predicted octanol–water partition coefficient (Wildman–Crippen LogP) is 2.65. The Bertz CT molecular complexity index is 714. The summed E-state index contributed by atoms with van der Waals surface area (Å²) < 4.78 is 10.8. The summed E-state index contributed by atoms with van der Waals surface area (Å²) in [4.78, 5) is 17.1. The van der Waals surface area contributed by atoms with Gasteiger partial charge >= 0.3 is 0 Å². The molecule has 134 valence electrons. The van der Waals surface area contributed by atoms with E-state index in [1.54, 1.807) is 0 Å². The molecule has 0 N–H and O–H groups in total. The Morgan fingerprint density at radius 1 is 1.20 bits per heavy atom.